The topological polar surface area (TPSA) is 194 Å². The molecule has 0 radical (unpaired) electrons. The van der Waals surface area contributed by atoms with Crippen LogP contribution in [-0.2, 0) is 0 Å². The van der Waals surface area contributed by atoms with Gasteiger partial charge in [-0.2, -0.15) is 0 Å². The lowest BCUT2D eigenvalue weighted by Crippen LogP contribution is -2.00. The highest BCUT2D eigenvalue weighted by molar-refractivity contribution is 6.21. The second-order valence-corrected chi connectivity index (χ2v) is 33.4. The molecule has 0 amide bonds. The highest BCUT2D eigenvalue weighted by atomic mass is 16.3. The number of aromatic nitrogens is 12. The van der Waals surface area contributed by atoms with E-state index in [-0.39, 0.29) is 0 Å². The summed E-state index contributed by atoms with van der Waals surface area (Å²) in [5.74, 6) is 5.47. The van der Waals surface area contributed by atoms with Gasteiger partial charge in [0, 0.05) is 146 Å². The monoisotopic (exact) mass is 1730 g/mol. The quantitative estimate of drug-likeness (QED) is 0.112. The maximum absolute atomic E-state index is 6.69. The third-order valence-electron chi connectivity index (χ3n) is 25.1. The zero-order valence-electron chi connectivity index (χ0n) is 72.2. The fourth-order valence-corrected chi connectivity index (χ4v) is 18.5. The molecule has 15 heteroatoms. The van der Waals surface area contributed by atoms with Crippen molar-refractivity contribution in [2.24, 2.45) is 0 Å². The van der Waals surface area contributed by atoms with Crippen molar-refractivity contribution in [1.82, 2.24) is 59.8 Å². The molecular weight excluding hydrogens is 1660 g/mol. The Labute approximate surface area is 771 Å². The van der Waals surface area contributed by atoms with Crippen LogP contribution < -0.4 is 0 Å². The third-order valence-corrected chi connectivity index (χ3v) is 25.1. The Bertz CT molecular complexity index is 8470. The van der Waals surface area contributed by atoms with Crippen molar-refractivity contribution in [2.45, 2.75) is 0 Å². The number of rotatable bonds is 12. The lowest BCUT2D eigenvalue weighted by Gasteiger charge is -2.11. The van der Waals surface area contributed by atoms with Crippen molar-refractivity contribution in [3.8, 4) is 136 Å². The Morgan fingerprint density at radius 3 is 0.800 bits per heavy atom. The molecule has 630 valence electrons. The van der Waals surface area contributed by atoms with Crippen molar-refractivity contribution < 1.29 is 13.3 Å². The highest BCUT2D eigenvalue weighted by Crippen LogP contribution is 2.48. The molecule has 0 aliphatic rings. The molecule has 0 spiro atoms. The van der Waals surface area contributed by atoms with Crippen LogP contribution in [0, 0.1) is 0 Å². The molecule has 9 aromatic heterocycles. The molecular formula is C120H72N12O3. The molecule has 0 saturated heterocycles. The summed E-state index contributed by atoms with van der Waals surface area (Å²) < 4.78 is 20.1. The van der Waals surface area contributed by atoms with Gasteiger partial charge in [0.15, 0.2) is 52.4 Å². The predicted octanol–water partition coefficient (Wildman–Crippen LogP) is 30.4. The first-order chi connectivity index (χ1) is 66.8. The van der Waals surface area contributed by atoms with E-state index in [0.29, 0.717) is 52.4 Å². The first-order valence-electron chi connectivity index (χ1n) is 44.6. The van der Waals surface area contributed by atoms with Crippen molar-refractivity contribution in [3.63, 3.8) is 0 Å². The van der Waals surface area contributed by atoms with Gasteiger partial charge in [-0.15, -0.1) is 0 Å². The molecule has 18 aromatic carbocycles. The molecule has 0 bridgehead atoms. The Kier molecular flexibility index (Phi) is 19.5. The molecule has 0 aliphatic carbocycles. The van der Waals surface area contributed by atoms with E-state index in [9.17, 15) is 0 Å². The number of hydrogen-bond acceptors (Lipinski definition) is 15. The molecule has 27 rings (SSSR count). The summed E-state index contributed by atoms with van der Waals surface area (Å²) in [7, 11) is 0. The molecule has 0 unspecified atom stereocenters. The van der Waals surface area contributed by atoms with Crippen LogP contribution >= 0.6 is 0 Å². The summed E-state index contributed by atoms with van der Waals surface area (Å²) in [6.07, 6.45) is 9.21. The predicted molar refractivity (Wildman–Crippen MR) is 545 cm³/mol. The van der Waals surface area contributed by atoms with Crippen LogP contribution in [0.5, 0.6) is 0 Å². The first kappa shape index (κ1) is 78.6. The molecule has 0 atom stereocenters. The smallest absolute Gasteiger partial charge is 0.164 e. The molecule has 0 fully saturated rings. The van der Waals surface area contributed by atoms with Gasteiger partial charge >= 0.3 is 0 Å². The number of hydrogen-bond donors (Lipinski definition) is 0. The van der Waals surface area contributed by atoms with Crippen LogP contribution in [0.3, 0.4) is 0 Å². The van der Waals surface area contributed by atoms with Gasteiger partial charge in [0.1, 0.15) is 33.5 Å². The lowest BCUT2D eigenvalue weighted by atomic mass is 9.97. The summed E-state index contributed by atoms with van der Waals surface area (Å²) in [5, 5.41) is 18.0. The third kappa shape index (κ3) is 14.7. The molecule has 15 nitrogen and oxygen atoms in total. The molecule has 9 heterocycles. The number of benzene rings is 18. The molecule has 135 heavy (non-hydrogen) atoms. The van der Waals surface area contributed by atoms with Gasteiger partial charge in [0.05, 0.1) is 5.52 Å². The second kappa shape index (κ2) is 33.5. The zero-order chi connectivity index (χ0) is 89.2. The average Bonchev–Trinajstić information content (AvgIpc) is 1.60. The van der Waals surface area contributed by atoms with E-state index >= 15 is 0 Å². The van der Waals surface area contributed by atoms with E-state index in [1.54, 1.807) is 0 Å². The van der Waals surface area contributed by atoms with E-state index in [1.807, 2.05) is 201 Å². The van der Waals surface area contributed by atoms with Crippen LogP contribution in [0.25, 0.3) is 266 Å². The van der Waals surface area contributed by atoms with Crippen molar-refractivity contribution in [3.05, 3.63) is 437 Å². The second-order valence-electron chi connectivity index (χ2n) is 33.4. The number of fused-ring (bicyclic) bond motifs is 15. The minimum atomic E-state index is 0.584. The minimum Gasteiger partial charge on any atom is -0.455 e. The fourth-order valence-electron chi connectivity index (χ4n) is 18.5. The summed E-state index contributed by atoms with van der Waals surface area (Å²) >= 11 is 0. The maximum atomic E-state index is 6.69. The SMILES string of the molecule is c1ccc(-c2nc(-c3ccc4ccccc4c3)nc(-c3ccc(-c4ccccc4)c4oc5cc6cccnc6cc5c34)n2)cc1.c1ccc(-c2nc(-c3ccc4ccccc4c3)nc(-c3ccc(-c4ccccc4)c4oc5cc6ccncc6cc5c34)n2)cc1.c1ccc(-c2nc(-c3ccc4ccccc4c3)nc(-c3ccc(-c4ccccc4)c4oc5cc6cnccc6cc5c34)n2)cc1. The van der Waals surface area contributed by atoms with E-state index in [4.69, 9.17) is 58.1 Å². The fraction of sp³-hybridized carbons (Fsp3) is 0. The summed E-state index contributed by atoms with van der Waals surface area (Å²) in [6.45, 7) is 0. The van der Waals surface area contributed by atoms with E-state index in [0.717, 1.165) is 198 Å². The van der Waals surface area contributed by atoms with E-state index in [2.05, 4.69) is 252 Å². The van der Waals surface area contributed by atoms with Crippen LogP contribution in [0.1, 0.15) is 0 Å². The minimum absolute atomic E-state index is 0.584. The number of nitrogens with zero attached hydrogens (tertiary/aromatic N) is 12. The molecule has 0 saturated carbocycles. The lowest BCUT2D eigenvalue weighted by molar-refractivity contribution is 0.670. The summed E-state index contributed by atoms with van der Waals surface area (Å²) in [6, 6.07) is 139. The Balaban J connectivity index is 0.000000108. The van der Waals surface area contributed by atoms with Gasteiger partial charge < -0.3 is 13.3 Å². The van der Waals surface area contributed by atoms with Gasteiger partial charge in [-0.25, -0.2) is 44.9 Å². The molecule has 0 aliphatic heterocycles. The largest absolute Gasteiger partial charge is 0.455 e. The normalized spacial score (nSPS) is 11.6. The van der Waals surface area contributed by atoms with Crippen LogP contribution in [0.15, 0.2) is 451 Å². The molecule has 27 aromatic rings. The van der Waals surface area contributed by atoms with E-state index in [1.165, 1.54) is 16.2 Å². The zero-order valence-corrected chi connectivity index (χ0v) is 72.2. The van der Waals surface area contributed by atoms with Crippen molar-refractivity contribution in [1.29, 1.82) is 0 Å². The van der Waals surface area contributed by atoms with E-state index < -0.39 is 0 Å². The molecule has 0 N–H and O–H groups in total. The van der Waals surface area contributed by atoms with Gasteiger partial charge in [-0.3, -0.25) is 15.0 Å². The maximum Gasteiger partial charge on any atom is 0.164 e. The van der Waals surface area contributed by atoms with Crippen LogP contribution in [0.2, 0.25) is 0 Å². The highest BCUT2D eigenvalue weighted by Gasteiger charge is 2.27. The van der Waals surface area contributed by atoms with Crippen molar-refractivity contribution >= 4 is 131 Å². The Hall–Kier alpha value is -18.6. The van der Waals surface area contributed by atoms with Crippen molar-refractivity contribution in [2.75, 3.05) is 0 Å². The van der Waals surface area contributed by atoms with Gasteiger partial charge in [0.25, 0.3) is 0 Å². The van der Waals surface area contributed by atoms with Gasteiger partial charge in [0.2, 0.25) is 0 Å². The average molecular weight is 1730 g/mol. The van der Waals surface area contributed by atoms with Gasteiger partial charge in [-0.05, 0) is 169 Å². The summed E-state index contributed by atoms with van der Waals surface area (Å²) in [4.78, 5) is 59.0. The number of pyridine rings is 3. The number of furan rings is 3. The Morgan fingerprint density at radius 2 is 0.430 bits per heavy atom. The standard InChI is InChI=1S/3C40H24N4O/c1-3-11-26(12-4-1)31-19-20-32(36-33-24-34-29(16-9-21-41-34)23-35(33)45-37(31)36)40-43-38(27-13-5-2-6-14-27)42-39(44-40)30-18-17-25-10-7-8-15-28(25)22-30;1-3-10-26(11-4-1)32-17-18-33(36-34-22-31-24-41-20-19-29(31)23-35(34)45-37(32)36)40-43-38(27-12-5-2-6-13-27)42-39(44-40)30-16-15-25-9-7-8-14-28(25)21-30;1-3-10-26(11-4-1)32-17-18-33(36-34-22-29-19-20-41-24-31(29)23-35(34)45-37(32)36)40-43-38(27-12-5-2-6-13-27)42-39(44-40)30-16-15-25-9-7-8-14-28(25)21-30/h3*1-24H. The first-order valence-corrected chi connectivity index (χ1v) is 44.6. The van der Waals surface area contributed by atoms with Crippen LogP contribution in [0.4, 0.5) is 0 Å². The van der Waals surface area contributed by atoms with Crippen LogP contribution in [-0.4, -0.2) is 59.8 Å². The Morgan fingerprint density at radius 1 is 0.163 bits per heavy atom. The van der Waals surface area contributed by atoms with Gasteiger partial charge in [-0.1, -0.05) is 297 Å². The summed E-state index contributed by atoms with van der Waals surface area (Å²) in [5.41, 5.74) is 20.2.